The van der Waals surface area contributed by atoms with Crippen LogP contribution in [0, 0.1) is 12.8 Å². The molecule has 0 bridgehead atoms. The number of fused-ring (bicyclic) bond motifs is 1. The van der Waals surface area contributed by atoms with E-state index in [2.05, 4.69) is 42.2 Å². The average molecular weight is 290 g/mol. The summed E-state index contributed by atoms with van der Waals surface area (Å²) in [6.07, 6.45) is 2.54. The Morgan fingerprint density at radius 3 is 2.52 bits per heavy atom. The number of nitrogens with zero attached hydrogens (tertiary/aromatic N) is 4. The van der Waals surface area contributed by atoms with Crippen molar-refractivity contribution in [1.29, 1.82) is 0 Å². The molecule has 3 rings (SSSR count). The molecule has 1 aromatic heterocycles. The monoisotopic (exact) mass is 290 g/mol. The lowest BCUT2D eigenvalue weighted by Gasteiger charge is -2.32. The first kappa shape index (κ1) is 15.0. The Labute approximate surface area is 129 Å². The van der Waals surface area contributed by atoms with E-state index in [0.29, 0.717) is 5.92 Å². The fourth-order valence-electron chi connectivity index (χ4n) is 3.91. The fourth-order valence-corrected chi connectivity index (χ4v) is 3.91. The highest BCUT2D eigenvalue weighted by molar-refractivity contribution is 5.23. The lowest BCUT2D eigenvalue weighted by Crippen LogP contribution is -2.37. The van der Waals surface area contributed by atoms with E-state index in [-0.39, 0.29) is 0 Å². The Kier molecular flexibility index (Phi) is 4.36. The smallest absolute Gasteiger partial charge is 0.106 e. The van der Waals surface area contributed by atoms with Crippen molar-refractivity contribution >= 4 is 0 Å². The number of hydrogen-bond donors (Lipinski definition) is 0. The molecule has 1 saturated heterocycles. The van der Waals surface area contributed by atoms with Gasteiger partial charge in [-0.25, -0.2) is 4.98 Å². The van der Waals surface area contributed by atoms with Crippen LogP contribution in [0.3, 0.4) is 0 Å². The maximum absolute atomic E-state index is 4.97. The van der Waals surface area contributed by atoms with Crippen LogP contribution in [-0.2, 0) is 13.1 Å². The Hall–Kier alpha value is -0.870. The lowest BCUT2D eigenvalue weighted by molar-refractivity contribution is 0.194. The van der Waals surface area contributed by atoms with Crippen molar-refractivity contribution in [3.8, 4) is 0 Å². The Morgan fingerprint density at radius 2 is 1.86 bits per heavy atom. The highest BCUT2D eigenvalue weighted by Crippen LogP contribution is 2.32. The zero-order chi connectivity index (χ0) is 15.0. The maximum Gasteiger partial charge on any atom is 0.106 e. The molecule has 0 saturated carbocycles. The van der Waals surface area contributed by atoms with Crippen molar-refractivity contribution in [2.24, 2.45) is 5.92 Å². The highest BCUT2D eigenvalue weighted by atomic mass is 15.2. The van der Waals surface area contributed by atoms with E-state index in [1.807, 2.05) is 0 Å². The van der Waals surface area contributed by atoms with Crippen molar-refractivity contribution < 1.29 is 0 Å². The number of hydrogen-bond acceptors (Lipinski definition) is 3. The molecule has 21 heavy (non-hydrogen) atoms. The molecule has 0 aromatic carbocycles. The van der Waals surface area contributed by atoms with E-state index in [1.165, 1.54) is 56.2 Å². The number of likely N-dealkylation sites (tertiary alicyclic amines) is 1. The van der Waals surface area contributed by atoms with Gasteiger partial charge in [-0.05, 0) is 45.8 Å². The van der Waals surface area contributed by atoms with Gasteiger partial charge in [0.2, 0.25) is 0 Å². The molecular formula is C17H30N4. The van der Waals surface area contributed by atoms with Gasteiger partial charge in [-0.2, -0.15) is 0 Å². The molecule has 0 atom stereocenters. The minimum absolute atomic E-state index is 0.676. The van der Waals surface area contributed by atoms with Crippen LogP contribution in [0.15, 0.2) is 0 Å². The normalized spacial score (nSPS) is 22.0. The van der Waals surface area contributed by atoms with Crippen molar-refractivity contribution in [3.05, 3.63) is 17.2 Å². The van der Waals surface area contributed by atoms with Crippen LogP contribution in [0.25, 0.3) is 0 Å². The maximum atomic E-state index is 4.97. The summed E-state index contributed by atoms with van der Waals surface area (Å²) in [5, 5.41) is 0. The summed E-state index contributed by atoms with van der Waals surface area (Å²) in [6.45, 7) is 13.8. The van der Waals surface area contributed by atoms with Gasteiger partial charge in [0.05, 0.1) is 11.4 Å². The van der Waals surface area contributed by atoms with Crippen LogP contribution in [0.4, 0.5) is 0 Å². The molecule has 1 fully saturated rings. The average Bonchev–Trinajstić information content (AvgIpc) is 2.76. The summed E-state index contributed by atoms with van der Waals surface area (Å²) in [6, 6.07) is 0. The van der Waals surface area contributed by atoms with Gasteiger partial charge in [-0.15, -0.1) is 0 Å². The summed E-state index contributed by atoms with van der Waals surface area (Å²) >= 11 is 0. The Balaban J connectivity index is 1.80. The molecule has 1 aromatic rings. The van der Waals surface area contributed by atoms with Crippen LogP contribution in [0.1, 0.15) is 49.8 Å². The highest BCUT2D eigenvalue weighted by Gasteiger charge is 2.28. The van der Waals surface area contributed by atoms with Gasteiger partial charge in [-0.3, -0.25) is 4.90 Å². The summed E-state index contributed by atoms with van der Waals surface area (Å²) < 4.78 is 2.48. The van der Waals surface area contributed by atoms with E-state index in [0.717, 1.165) is 19.0 Å². The van der Waals surface area contributed by atoms with Crippen LogP contribution >= 0.6 is 0 Å². The minimum atomic E-state index is 0.676. The molecule has 2 aliphatic rings. The number of imidazole rings is 1. The van der Waals surface area contributed by atoms with Gasteiger partial charge in [0.25, 0.3) is 0 Å². The van der Waals surface area contributed by atoms with Crippen LogP contribution < -0.4 is 0 Å². The largest absolute Gasteiger partial charge is 0.329 e. The van der Waals surface area contributed by atoms with Gasteiger partial charge in [0.1, 0.15) is 5.82 Å². The van der Waals surface area contributed by atoms with Crippen molar-refractivity contribution in [2.75, 3.05) is 33.2 Å². The predicted molar refractivity (Wildman–Crippen MR) is 86.6 cm³/mol. The van der Waals surface area contributed by atoms with Crippen molar-refractivity contribution in [2.45, 2.75) is 52.6 Å². The van der Waals surface area contributed by atoms with Gasteiger partial charge in [-0.1, -0.05) is 13.8 Å². The SMILES string of the molecule is Cc1nc(C2CCN(C)CC2)c2n1CCN(CC(C)C)C2. The number of piperidine rings is 1. The molecular weight excluding hydrogens is 260 g/mol. The van der Waals surface area contributed by atoms with E-state index < -0.39 is 0 Å². The van der Waals surface area contributed by atoms with Gasteiger partial charge in [0.15, 0.2) is 0 Å². The third-order valence-electron chi connectivity index (χ3n) is 5.04. The second-order valence-electron chi connectivity index (χ2n) is 7.35. The number of rotatable bonds is 3. The van der Waals surface area contributed by atoms with Gasteiger partial charge < -0.3 is 9.47 Å². The molecule has 3 heterocycles. The standard InChI is InChI=1S/C17H30N4/c1-13(2)11-20-9-10-21-14(3)18-17(16(21)12-20)15-5-7-19(4)8-6-15/h13,15H,5-12H2,1-4H3. The summed E-state index contributed by atoms with van der Waals surface area (Å²) in [7, 11) is 2.23. The topological polar surface area (TPSA) is 24.3 Å². The molecule has 0 radical (unpaired) electrons. The number of aromatic nitrogens is 2. The molecule has 0 aliphatic carbocycles. The molecule has 0 N–H and O–H groups in total. The first-order chi connectivity index (χ1) is 10.0. The second kappa shape index (κ2) is 6.09. The van der Waals surface area contributed by atoms with E-state index in [4.69, 9.17) is 4.98 Å². The summed E-state index contributed by atoms with van der Waals surface area (Å²) in [5.74, 6) is 2.64. The zero-order valence-corrected chi connectivity index (χ0v) is 14.1. The molecule has 118 valence electrons. The molecule has 0 unspecified atom stereocenters. The van der Waals surface area contributed by atoms with Crippen LogP contribution in [-0.4, -0.2) is 52.6 Å². The summed E-state index contributed by atoms with van der Waals surface area (Å²) in [5.41, 5.74) is 2.92. The quantitative estimate of drug-likeness (QED) is 0.855. The fraction of sp³-hybridized carbons (Fsp3) is 0.824. The zero-order valence-electron chi connectivity index (χ0n) is 14.1. The molecule has 0 spiro atoms. The number of aryl methyl sites for hydroxylation is 1. The van der Waals surface area contributed by atoms with E-state index >= 15 is 0 Å². The lowest BCUT2D eigenvalue weighted by atomic mass is 9.92. The third kappa shape index (κ3) is 3.16. The van der Waals surface area contributed by atoms with Crippen molar-refractivity contribution in [1.82, 2.24) is 19.4 Å². The predicted octanol–water partition coefficient (Wildman–Crippen LogP) is 2.47. The third-order valence-corrected chi connectivity index (χ3v) is 5.04. The Morgan fingerprint density at radius 1 is 1.14 bits per heavy atom. The van der Waals surface area contributed by atoms with Crippen LogP contribution in [0.5, 0.6) is 0 Å². The van der Waals surface area contributed by atoms with Crippen molar-refractivity contribution in [3.63, 3.8) is 0 Å². The first-order valence-corrected chi connectivity index (χ1v) is 8.51. The Bertz CT molecular complexity index is 483. The molecule has 2 aliphatic heterocycles. The minimum Gasteiger partial charge on any atom is -0.329 e. The molecule has 0 amide bonds. The van der Waals surface area contributed by atoms with Crippen LogP contribution in [0.2, 0.25) is 0 Å². The first-order valence-electron chi connectivity index (χ1n) is 8.51. The van der Waals surface area contributed by atoms with E-state index in [9.17, 15) is 0 Å². The van der Waals surface area contributed by atoms with E-state index in [1.54, 1.807) is 0 Å². The van der Waals surface area contributed by atoms with Gasteiger partial charge >= 0.3 is 0 Å². The molecule has 4 heteroatoms. The summed E-state index contributed by atoms with van der Waals surface area (Å²) in [4.78, 5) is 10.0. The molecule has 4 nitrogen and oxygen atoms in total. The second-order valence-corrected chi connectivity index (χ2v) is 7.35. The van der Waals surface area contributed by atoms with Gasteiger partial charge in [0, 0.05) is 32.1 Å².